The molecule has 1 unspecified atom stereocenters. The highest BCUT2D eigenvalue weighted by molar-refractivity contribution is 9.29. The molecule has 0 spiro atoms. The van der Waals surface area contributed by atoms with Crippen LogP contribution in [0.4, 0.5) is 0 Å². The van der Waals surface area contributed by atoms with E-state index in [-0.39, 0.29) is 0 Å². The molecule has 0 aliphatic rings. The molecule has 1 rings (SSSR count). The summed E-state index contributed by atoms with van der Waals surface area (Å²) in [5, 5.41) is 0. The molecule has 8 nitrogen and oxygen atoms in total. The fourth-order valence-corrected chi connectivity index (χ4v) is 5.91. The monoisotopic (exact) mass is 472 g/mol. The standard InChI is InChI=1S/C7H8Br2O8P2S/c8-7(9,18(10,11)12)19(13,14)17-20(15,16)6-4-2-1-3-5-6/h1-5H,(H,13,14)(H2,10,11,12). The van der Waals surface area contributed by atoms with Gasteiger partial charge < -0.3 is 14.7 Å². The molecule has 0 aliphatic carbocycles. The lowest BCUT2D eigenvalue weighted by Gasteiger charge is -2.25. The van der Waals surface area contributed by atoms with E-state index in [1.165, 1.54) is 18.2 Å². The van der Waals surface area contributed by atoms with Crippen molar-refractivity contribution in [3.05, 3.63) is 30.3 Å². The second kappa shape index (κ2) is 5.91. The SMILES string of the molecule is O=P(O)(O)C(Br)(Br)P(=O)(O)OS(=O)(=O)c1ccccc1. The minimum atomic E-state index is -5.32. The fraction of sp³-hybridized carbons (Fsp3) is 0.143. The van der Waals surface area contributed by atoms with Gasteiger partial charge in [-0.15, -0.1) is 0 Å². The summed E-state index contributed by atoms with van der Waals surface area (Å²) in [5.41, 5.74) is 0. The van der Waals surface area contributed by atoms with Crippen LogP contribution in [0.15, 0.2) is 35.2 Å². The highest BCUT2D eigenvalue weighted by atomic mass is 79.9. The molecule has 0 saturated heterocycles. The van der Waals surface area contributed by atoms with Crippen molar-refractivity contribution in [3.63, 3.8) is 0 Å². The molecule has 20 heavy (non-hydrogen) atoms. The Morgan fingerprint density at radius 1 is 1.05 bits per heavy atom. The van der Waals surface area contributed by atoms with Crippen molar-refractivity contribution >= 4 is 57.2 Å². The summed E-state index contributed by atoms with van der Waals surface area (Å²) in [6.07, 6.45) is 0. The van der Waals surface area contributed by atoms with E-state index in [1.807, 2.05) is 0 Å². The summed E-state index contributed by atoms with van der Waals surface area (Å²) in [7, 11) is -15.2. The van der Waals surface area contributed by atoms with Gasteiger partial charge in [0.15, 0.2) is 0 Å². The lowest BCUT2D eigenvalue weighted by atomic mass is 10.4. The Hall–Kier alpha value is 0.430. The van der Waals surface area contributed by atoms with Gasteiger partial charge in [-0.1, -0.05) is 18.2 Å². The van der Waals surface area contributed by atoms with Crippen molar-refractivity contribution in [1.29, 1.82) is 0 Å². The van der Waals surface area contributed by atoms with Gasteiger partial charge in [-0.05, 0) is 44.0 Å². The second-order valence-corrected chi connectivity index (χ2v) is 15.1. The van der Waals surface area contributed by atoms with Crippen LogP contribution in [0.3, 0.4) is 0 Å². The predicted molar refractivity (Wildman–Crippen MR) is 77.2 cm³/mol. The number of hydrogen-bond acceptors (Lipinski definition) is 5. The summed E-state index contributed by atoms with van der Waals surface area (Å²) < 4.78 is 47.7. The Labute approximate surface area is 131 Å². The highest BCUT2D eigenvalue weighted by Gasteiger charge is 2.60. The van der Waals surface area contributed by atoms with E-state index in [0.717, 1.165) is 12.1 Å². The zero-order valence-corrected chi connectivity index (χ0v) is 15.1. The van der Waals surface area contributed by atoms with E-state index in [4.69, 9.17) is 9.79 Å². The molecule has 0 aliphatic heterocycles. The van der Waals surface area contributed by atoms with E-state index in [0.29, 0.717) is 0 Å². The summed E-state index contributed by atoms with van der Waals surface area (Å²) in [4.78, 5) is 27.0. The first-order chi connectivity index (χ1) is 8.81. The molecule has 3 N–H and O–H groups in total. The largest absolute Gasteiger partial charge is 0.382 e. The van der Waals surface area contributed by atoms with Crippen molar-refractivity contribution in [1.82, 2.24) is 0 Å². The number of rotatable bonds is 5. The van der Waals surface area contributed by atoms with Gasteiger partial charge in [-0.25, -0.2) is 0 Å². The van der Waals surface area contributed by atoms with Gasteiger partial charge in [0.25, 0.3) is 2.72 Å². The molecular formula is C7H8Br2O8P2S. The predicted octanol–water partition coefficient (Wildman–Crippen LogP) is 2.16. The third-order valence-electron chi connectivity index (χ3n) is 1.92. The van der Waals surface area contributed by atoms with Crippen LogP contribution in [0.1, 0.15) is 0 Å². The lowest BCUT2D eigenvalue weighted by molar-refractivity contribution is 0.353. The topological polar surface area (TPSA) is 138 Å². The van der Waals surface area contributed by atoms with E-state index in [9.17, 15) is 22.4 Å². The Morgan fingerprint density at radius 2 is 1.50 bits per heavy atom. The van der Waals surface area contributed by atoms with Crippen molar-refractivity contribution in [2.75, 3.05) is 0 Å². The van der Waals surface area contributed by atoms with E-state index in [2.05, 4.69) is 35.8 Å². The van der Waals surface area contributed by atoms with Gasteiger partial charge >= 0.3 is 25.3 Å². The van der Waals surface area contributed by atoms with Crippen molar-refractivity contribution in [3.8, 4) is 0 Å². The van der Waals surface area contributed by atoms with Gasteiger partial charge in [0.1, 0.15) is 0 Å². The Kier molecular flexibility index (Phi) is 5.46. The quantitative estimate of drug-likeness (QED) is 0.436. The maximum absolute atomic E-state index is 11.8. The Bertz CT molecular complexity index is 682. The molecule has 1 aromatic rings. The molecule has 13 heteroatoms. The normalized spacial score (nSPS) is 16.6. The molecule has 1 aromatic carbocycles. The summed E-state index contributed by atoms with van der Waals surface area (Å²) in [6, 6.07) is 6.38. The lowest BCUT2D eigenvalue weighted by Crippen LogP contribution is -2.17. The Balaban J connectivity index is 3.22. The maximum atomic E-state index is 11.8. The van der Waals surface area contributed by atoms with Crippen LogP contribution in [0, 0.1) is 0 Å². The first-order valence-electron chi connectivity index (χ1n) is 4.59. The minimum absolute atomic E-state index is 0.434. The van der Waals surface area contributed by atoms with Gasteiger partial charge in [0, 0.05) is 0 Å². The van der Waals surface area contributed by atoms with Crippen LogP contribution in [0.2, 0.25) is 0 Å². The molecule has 0 saturated carbocycles. The van der Waals surface area contributed by atoms with Crippen LogP contribution in [-0.2, 0) is 23.2 Å². The van der Waals surface area contributed by atoms with Crippen LogP contribution in [0.5, 0.6) is 0 Å². The summed E-state index contributed by atoms with van der Waals surface area (Å²) in [6.45, 7) is 0. The van der Waals surface area contributed by atoms with E-state index >= 15 is 0 Å². The van der Waals surface area contributed by atoms with Crippen LogP contribution in [0.25, 0.3) is 0 Å². The summed E-state index contributed by atoms with van der Waals surface area (Å²) >= 11 is 4.60. The highest BCUT2D eigenvalue weighted by Crippen LogP contribution is 2.78. The van der Waals surface area contributed by atoms with Gasteiger partial charge in [0.2, 0.25) is 0 Å². The number of benzene rings is 1. The smallest absolute Gasteiger partial charge is 0.322 e. The molecule has 0 amide bonds. The third-order valence-corrected chi connectivity index (χ3v) is 12.7. The fourth-order valence-electron chi connectivity index (χ4n) is 0.973. The van der Waals surface area contributed by atoms with Gasteiger partial charge in [-0.3, -0.25) is 9.13 Å². The first kappa shape index (κ1) is 18.5. The molecule has 0 fully saturated rings. The molecule has 1 atom stereocenters. The second-order valence-electron chi connectivity index (χ2n) is 3.42. The number of alkyl halides is 2. The third kappa shape index (κ3) is 3.79. The maximum Gasteiger partial charge on any atom is 0.382 e. The van der Waals surface area contributed by atoms with Crippen LogP contribution >= 0.6 is 47.1 Å². The molecule has 0 heterocycles. The Morgan fingerprint density at radius 3 is 1.90 bits per heavy atom. The van der Waals surface area contributed by atoms with Crippen molar-refractivity contribution in [2.45, 2.75) is 7.61 Å². The van der Waals surface area contributed by atoms with Crippen molar-refractivity contribution in [2.24, 2.45) is 0 Å². The zero-order chi connectivity index (χ0) is 15.8. The minimum Gasteiger partial charge on any atom is -0.322 e. The van der Waals surface area contributed by atoms with Gasteiger partial charge in [-0.2, -0.15) is 12.4 Å². The van der Waals surface area contributed by atoms with Gasteiger partial charge in [0.05, 0.1) is 4.90 Å². The number of hydrogen-bond donors (Lipinski definition) is 3. The van der Waals surface area contributed by atoms with E-state index in [1.54, 1.807) is 0 Å². The molecular weight excluding hydrogens is 466 g/mol. The zero-order valence-electron chi connectivity index (χ0n) is 9.33. The molecule has 0 radical (unpaired) electrons. The van der Waals surface area contributed by atoms with Crippen LogP contribution in [-0.4, -0.2) is 25.8 Å². The van der Waals surface area contributed by atoms with Crippen LogP contribution < -0.4 is 0 Å². The molecule has 114 valence electrons. The summed E-state index contributed by atoms with van der Waals surface area (Å²) in [5.74, 6) is 0. The van der Waals surface area contributed by atoms with Crippen molar-refractivity contribution < 1.29 is 36.2 Å². The molecule has 0 bridgehead atoms. The number of halogens is 2. The first-order valence-corrected chi connectivity index (χ1v) is 10.8. The average molecular weight is 474 g/mol. The van der Waals surface area contributed by atoms with E-state index < -0.39 is 32.9 Å². The molecule has 0 aromatic heterocycles. The average Bonchev–Trinajstić information content (AvgIpc) is 2.27.